The maximum absolute atomic E-state index is 12.6. The molecule has 4 aromatic carbocycles. The second-order valence-corrected chi connectivity index (χ2v) is 8.25. The van der Waals surface area contributed by atoms with E-state index in [4.69, 9.17) is 4.74 Å². The predicted molar refractivity (Wildman–Crippen MR) is 139 cm³/mol. The highest BCUT2D eigenvalue weighted by Crippen LogP contribution is 2.17. The van der Waals surface area contributed by atoms with E-state index in [1.54, 1.807) is 48.5 Å². The van der Waals surface area contributed by atoms with E-state index in [2.05, 4.69) is 22.8 Å². The van der Waals surface area contributed by atoms with E-state index in [0.717, 1.165) is 17.7 Å². The van der Waals surface area contributed by atoms with Gasteiger partial charge in [0.25, 0.3) is 11.8 Å². The molecule has 5 nitrogen and oxygen atoms in total. The molecule has 0 saturated carbocycles. The van der Waals surface area contributed by atoms with E-state index in [1.165, 1.54) is 5.56 Å². The second kappa shape index (κ2) is 11.7. The van der Waals surface area contributed by atoms with E-state index in [-0.39, 0.29) is 17.9 Å². The van der Waals surface area contributed by atoms with Gasteiger partial charge in [-0.1, -0.05) is 60.7 Å². The monoisotopic (exact) mass is 464 g/mol. The number of nitrogens with one attached hydrogen (secondary N) is 2. The maximum Gasteiger partial charge on any atom is 0.255 e. The van der Waals surface area contributed by atoms with Crippen molar-refractivity contribution in [2.75, 3.05) is 11.9 Å². The molecule has 5 heteroatoms. The van der Waals surface area contributed by atoms with Gasteiger partial charge in [-0.3, -0.25) is 9.59 Å². The molecule has 0 radical (unpaired) electrons. The SMILES string of the molecule is CC(NC(=O)c1ccc(NC(=O)c2ccc(OCCc3ccccc3)cc2)cc1)c1ccccc1. The smallest absolute Gasteiger partial charge is 0.255 e. The lowest BCUT2D eigenvalue weighted by Gasteiger charge is -2.14. The van der Waals surface area contributed by atoms with Gasteiger partial charge in [-0.25, -0.2) is 0 Å². The van der Waals surface area contributed by atoms with Crippen molar-refractivity contribution in [1.29, 1.82) is 0 Å². The summed E-state index contributed by atoms with van der Waals surface area (Å²) in [5, 5.41) is 5.85. The van der Waals surface area contributed by atoms with Crippen molar-refractivity contribution in [2.24, 2.45) is 0 Å². The van der Waals surface area contributed by atoms with Gasteiger partial charge in [-0.15, -0.1) is 0 Å². The number of hydrogen-bond donors (Lipinski definition) is 2. The van der Waals surface area contributed by atoms with Crippen molar-refractivity contribution >= 4 is 17.5 Å². The van der Waals surface area contributed by atoms with Gasteiger partial charge in [0, 0.05) is 23.2 Å². The van der Waals surface area contributed by atoms with E-state index >= 15 is 0 Å². The zero-order chi connectivity index (χ0) is 24.5. The third kappa shape index (κ3) is 6.81. The fourth-order valence-electron chi connectivity index (χ4n) is 3.65. The highest BCUT2D eigenvalue weighted by molar-refractivity contribution is 6.04. The Labute approximate surface area is 205 Å². The number of anilines is 1. The van der Waals surface area contributed by atoms with Crippen LogP contribution in [0.4, 0.5) is 5.69 Å². The first kappa shape index (κ1) is 23.8. The summed E-state index contributed by atoms with van der Waals surface area (Å²) < 4.78 is 5.78. The largest absolute Gasteiger partial charge is 0.493 e. The molecular formula is C30H28N2O3. The quantitative estimate of drug-likeness (QED) is 0.317. The zero-order valence-electron chi connectivity index (χ0n) is 19.6. The molecule has 0 bridgehead atoms. The fraction of sp³-hybridized carbons (Fsp3) is 0.133. The molecule has 2 amide bonds. The number of carbonyl (C=O) groups excluding carboxylic acids is 2. The Kier molecular flexibility index (Phi) is 7.92. The molecular weight excluding hydrogens is 436 g/mol. The number of ether oxygens (including phenoxy) is 1. The highest BCUT2D eigenvalue weighted by Gasteiger charge is 2.12. The maximum atomic E-state index is 12.6. The highest BCUT2D eigenvalue weighted by atomic mass is 16.5. The Morgan fingerprint density at radius 1 is 0.714 bits per heavy atom. The molecule has 176 valence electrons. The molecule has 0 aromatic heterocycles. The normalized spacial score (nSPS) is 11.3. The van der Waals surface area contributed by atoms with Crippen molar-refractivity contribution in [3.63, 3.8) is 0 Å². The van der Waals surface area contributed by atoms with Crippen LogP contribution in [0.1, 0.15) is 44.8 Å². The van der Waals surface area contributed by atoms with Crippen molar-refractivity contribution in [1.82, 2.24) is 5.32 Å². The van der Waals surface area contributed by atoms with Crippen molar-refractivity contribution in [3.8, 4) is 5.75 Å². The number of carbonyl (C=O) groups is 2. The second-order valence-electron chi connectivity index (χ2n) is 8.25. The Bertz CT molecular complexity index is 1240. The lowest BCUT2D eigenvalue weighted by atomic mass is 10.1. The molecule has 0 spiro atoms. The first-order valence-corrected chi connectivity index (χ1v) is 11.6. The topological polar surface area (TPSA) is 67.4 Å². The number of hydrogen-bond acceptors (Lipinski definition) is 3. The lowest BCUT2D eigenvalue weighted by molar-refractivity contribution is 0.0939. The minimum absolute atomic E-state index is 0.103. The van der Waals surface area contributed by atoms with E-state index in [1.807, 2.05) is 55.5 Å². The summed E-state index contributed by atoms with van der Waals surface area (Å²) in [6.45, 7) is 2.51. The molecule has 0 aliphatic carbocycles. The van der Waals surface area contributed by atoms with Crippen LogP contribution in [0.5, 0.6) is 5.75 Å². The molecule has 1 atom stereocenters. The number of benzene rings is 4. The van der Waals surface area contributed by atoms with Gasteiger partial charge in [0.2, 0.25) is 0 Å². The van der Waals surface area contributed by atoms with Crippen LogP contribution in [0.3, 0.4) is 0 Å². The van der Waals surface area contributed by atoms with Gasteiger partial charge < -0.3 is 15.4 Å². The van der Waals surface area contributed by atoms with Crippen molar-refractivity contribution in [2.45, 2.75) is 19.4 Å². The Morgan fingerprint density at radius 2 is 1.29 bits per heavy atom. The van der Waals surface area contributed by atoms with E-state index in [9.17, 15) is 9.59 Å². The minimum atomic E-state index is -0.226. The van der Waals surface area contributed by atoms with Crippen LogP contribution in [-0.2, 0) is 6.42 Å². The summed E-state index contributed by atoms with van der Waals surface area (Å²) in [4.78, 5) is 25.2. The van der Waals surface area contributed by atoms with Crippen LogP contribution in [0.25, 0.3) is 0 Å². The van der Waals surface area contributed by atoms with Gasteiger partial charge in [0.05, 0.1) is 12.6 Å². The molecule has 2 N–H and O–H groups in total. The number of rotatable bonds is 9. The van der Waals surface area contributed by atoms with Gasteiger partial charge in [-0.05, 0) is 66.6 Å². The third-order valence-electron chi connectivity index (χ3n) is 5.67. The van der Waals surface area contributed by atoms with Crippen LogP contribution in [0.15, 0.2) is 109 Å². The Morgan fingerprint density at radius 3 is 1.94 bits per heavy atom. The van der Waals surface area contributed by atoms with Crippen LogP contribution in [0.2, 0.25) is 0 Å². The summed E-state index contributed by atoms with van der Waals surface area (Å²) in [5.74, 6) is 0.329. The fourth-order valence-corrected chi connectivity index (χ4v) is 3.65. The van der Waals surface area contributed by atoms with Crippen molar-refractivity contribution < 1.29 is 14.3 Å². The molecule has 4 aromatic rings. The third-order valence-corrected chi connectivity index (χ3v) is 5.67. The minimum Gasteiger partial charge on any atom is -0.493 e. The van der Waals surface area contributed by atoms with Gasteiger partial charge in [-0.2, -0.15) is 0 Å². The van der Waals surface area contributed by atoms with Crippen LogP contribution < -0.4 is 15.4 Å². The van der Waals surface area contributed by atoms with Gasteiger partial charge in [0.1, 0.15) is 5.75 Å². The average molecular weight is 465 g/mol. The molecule has 0 heterocycles. The lowest BCUT2D eigenvalue weighted by Crippen LogP contribution is -2.26. The van der Waals surface area contributed by atoms with Crippen LogP contribution >= 0.6 is 0 Å². The molecule has 0 saturated heterocycles. The summed E-state index contributed by atoms with van der Waals surface area (Å²) in [6, 6.07) is 33.8. The van der Waals surface area contributed by atoms with E-state index in [0.29, 0.717) is 23.4 Å². The van der Waals surface area contributed by atoms with E-state index < -0.39 is 0 Å². The Hall–Kier alpha value is -4.38. The molecule has 1 unspecified atom stereocenters. The average Bonchev–Trinajstić information content (AvgIpc) is 2.90. The number of amides is 2. The summed E-state index contributed by atoms with van der Waals surface area (Å²) in [6.07, 6.45) is 0.822. The molecule has 0 aliphatic heterocycles. The van der Waals surface area contributed by atoms with Crippen molar-refractivity contribution in [3.05, 3.63) is 131 Å². The summed E-state index contributed by atoms with van der Waals surface area (Å²) in [7, 11) is 0. The Balaban J connectivity index is 1.27. The first-order valence-electron chi connectivity index (χ1n) is 11.6. The summed E-state index contributed by atoms with van der Waals surface area (Å²) >= 11 is 0. The zero-order valence-corrected chi connectivity index (χ0v) is 19.6. The van der Waals surface area contributed by atoms with Gasteiger partial charge >= 0.3 is 0 Å². The summed E-state index contributed by atoms with van der Waals surface area (Å²) in [5.41, 5.74) is 3.93. The predicted octanol–water partition coefficient (Wildman–Crippen LogP) is 6.05. The standard InChI is InChI=1S/C30H28N2O3/c1-22(24-10-6-3-7-11-24)31-29(33)25-12-16-27(17-13-25)32-30(34)26-14-18-28(19-15-26)35-21-20-23-8-4-2-5-9-23/h2-19,22H,20-21H2,1H3,(H,31,33)(H,32,34). The molecule has 35 heavy (non-hydrogen) atoms. The first-order chi connectivity index (χ1) is 17.1. The molecule has 0 fully saturated rings. The molecule has 0 aliphatic rings. The molecule has 4 rings (SSSR count). The van der Waals surface area contributed by atoms with Crippen LogP contribution in [-0.4, -0.2) is 18.4 Å². The van der Waals surface area contributed by atoms with Crippen LogP contribution in [0, 0.1) is 0 Å². The van der Waals surface area contributed by atoms with Gasteiger partial charge in [0.15, 0.2) is 0 Å².